The first-order valence-corrected chi connectivity index (χ1v) is 7.44. The lowest BCUT2D eigenvalue weighted by Gasteiger charge is -2.19. The number of nitrogens with zero attached hydrogens (tertiary/aromatic N) is 3. The second-order valence-electron chi connectivity index (χ2n) is 4.69. The Kier molecular flexibility index (Phi) is 4.83. The number of aromatic nitrogens is 2. The van der Waals surface area contributed by atoms with Gasteiger partial charge in [-0.25, -0.2) is 4.98 Å². The Balaban J connectivity index is 2.30. The van der Waals surface area contributed by atoms with Crippen LogP contribution in [0.15, 0.2) is 18.2 Å². The highest BCUT2D eigenvalue weighted by molar-refractivity contribution is 6.31. The summed E-state index contributed by atoms with van der Waals surface area (Å²) < 4.78 is 2.32. The maximum atomic E-state index is 6.04. The van der Waals surface area contributed by atoms with Crippen LogP contribution in [0.4, 0.5) is 0 Å². The lowest BCUT2D eigenvalue weighted by atomic mass is 10.3. The van der Waals surface area contributed by atoms with Crippen molar-refractivity contribution in [2.75, 3.05) is 19.6 Å². The van der Waals surface area contributed by atoms with E-state index in [1.165, 1.54) is 5.52 Å². The minimum Gasteiger partial charge on any atom is -0.327 e. The van der Waals surface area contributed by atoms with Crippen LogP contribution in [0.25, 0.3) is 11.0 Å². The van der Waals surface area contributed by atoms with E-state index in [-0.39, 0.29) is 0 Å². The number of rotatable bonds is 6. The molecule has 19 heavy (non-hydrogen) atoms. The van der Waals surface area contributed by atoms with Crippen LogP contribution in [-0.4, -0.2) is 34.1 Å². The van der Waals surface area contributed by atoms with E-state index in [1.807, 2.05) is 12.1 Å². The fourth-order valence-electron chi connectivity index (χ4n) is 2.45. The number of hydrogen-bond donors (Lipinski definition) is 0. The maximum Gasteiger partial charge on any atom is 0.109 e. The van der Waals surface area contributed by atoms with Gasteiger partial charge in [0.1, 0.15) is 5.82 Å². The normalized spacial score (nSPS) is 11.6. The molecule has 0 saturated heterocycles. The summed E-state index contributed by atoms with van der Waals surface area (Å²) in [5.74, 6) is 1.14. The second kappa shape index (κ2) is 6.40. The minimum atomic E-state index is 0.753. The molecule has 0 atom stereocenters. The molecule has 104 valence electrons. The monoisotopic (exact) mass is 279 g/mol. The molecular weight excluding hydrogens is 258 g/mol. The van der Waals surface area contributed by atoms with Crippen LogP contribution in [-0.2, 0) is 13.0 Å². The summed E-state index contributed by atoms with van der Waals surface area (Å²) in [6.45, 7) is 10.8. The standard InChI is InChI=1S/C15H22ClN3/c1-4-15-17-13-11-12(16)7-8-14(13)19(15)10-9-18(5-2)6-3/h7-8,11H,4-6,9-10H2,1-3H3. The van der Waals surface area contributed by atoms with Crippen LogP contribution in [0.3, 0.4) is 0 Å². The first-order chi connectivity index (χ1) is 9.19. The lowest BCUT2D eigenvalue weighted by Crippen LogP contribution is -2.27. The molecule has 0 amide bonds. The molecule has 0 N–H and O–H groups in total. The number of benzene rings is 1. The van der Waals surface area contributed by atoms with Gasteiger partial charge >= 0.3 is 0 Å². The smallest absolute Gasteiger partial charge is 0.109 e. The lowest BCUT2D eigenvalue weighted by molar-refractivity contribution is 0.290. The zero-order valence-corrected chi connectivity index (χ0v) is 12.7. The average Bonchev–Trinajstić information content (AvgIpc) is 2.77. The number of aryl methyl sites for hydroxylation is 1. The van der Waals surface area contributed by atoms with Crippen molar-refractivity contribution in [2.24, 2.45) is 0 Å². The zero-order chi connectivity index (χ0) is 13.8. The van der Waals surface area contributed by atoms with E-state index in [0.717, 1.165) is 49.0 Å². The SMILES string of the molecule is CCc1nc2cc(Cl)ccc2n1CCN(CC)CC. The molecule has 3 nitrogen and oxygen atoms in total. The summed E-state index contributed by atoms with van der Waals surface area (Å²) in [5.41, 5.74) is 2.19. The minimum absolute atomic E-state index is 0.753. The summed E-state index contributed by atoms with van der Waals surface area (Å²) in [4.78, 5) is 7.11. The Bertz CT molecular complexity index is 544. The second-order valence-corrected chi connectivity index (χ2v) is 5.13. The molecule has 2 aromatic rings. The molecule has 1 heterocycles. The molecule has 4 heteroatoms. The fraction of sp³-hybridized carbons (Fsp3) is 0.533. The first-order valence-electron chi connectivity index (χ1n) is 7.06. The van der Waals surface area contributed by atoms with Crippen molar-refractivity contribution < 1.29 is 0 Å². The fourth-order valence-corrected chi connectivity index (χ4v) is 2.62. The van der Waals surface area contributed by atoms with Crippen molar-refractivity contribution in [2.45, 2.75) is 33.7 Å². The third kappa shape index (κ3) is 3.10. The van der Waals surface area contributed by atoms with E-state index in [0.29, 0.717) is 0 Å². The van der Waals surface area contributed by atoms with Crippen molar-refractivity contribution in [1.29, 1.82) is 0 Å². The highest BCUT2D eigenvalue weighted by Gasteiger charge is 2.10. The van der Waals surface area contributed by atoms with Crippen molar-refractivity contribution in [3.63, 3.8) is 0 Å². The van der Waals surface area contributed by atoms with Gasteiger partial charge in [0.25, 0.3) is 0 Å². The van der Waals surface area contributed by atoms with E-state index >= 15 is 0 Å². The summed E-state index contributed by atoms with van der Waals surface area (Å²) >= 11 is 6.04. The molecule has 0 radical (unpaired) electrons. The van der Waals surface area contributed by atoms with E-state index in [2.05, 4.69) is 41.3 Å². The van der Waals surface area contributed by atoms with Gasteiger partial charge in [0, 0.05) is 24.5 Å². The van der Waals surface area contributed by atoms with Crippen LogP contribution < -0.4 is 0 Å². The van der Waals surface area contributed by atoms with Crippen LogP contribution in [0.5, 0.6) is 0 Å². The van der Waals surface area contributed by atoms with Crippen molar-refractivity contribution >= 4 is 22.6 Å². The number of halogens is 1. The van der Waals surface area contributed by atoms with Gasteiger partial charge in [-0.05, 0) is 31.3 Å². The molecule has 0 aliphatic rings. The Morgan fingerprint density at radius 1 is 1.21 bits per heavy atom. The van der Waals surface area contributed by atoms with E-state index in [4.69, 9.17) is 11.6 Å². The van der Waals surface area contributed by atoms with Gasteiger partial charge in [-0.3, -0.25) is 0 Å². The number of likely N-dealkylation sites (N-methyl/N-ethyl adjacent to an activating group) is 1. The zero-order valence-electron chi connectivity index (χ0n) is 12.0. The van der Waals surface area contributed by atoms with Crippen molar-refractivity contribution in [3.8, 4) is 0 Å². The Hall–Kier alpha value is -1.06. The van der Waals surface area contributed by atoms with Crippen molar-refractivity contribution in [1.82, 2.24) is 14.5 Å². The van der Waals surface area contributed by atoms with Crippen LogP contribution in [0, 0.1) is 0 Å². The highest BCUT2D eigenvalue weighted by Crippen LogP contribution is 2.21. The van der Waals surface area contributed by atoms with Gasteiger partial charge < -0.3 is 9.47 Å². The molecule has 0 spiro atoms. The van der Waals surface area contributed by atoms with Gasteiger partial charge in [-0.2, -0.15) is 0 Å². The molecular formula is C15H22ClN3. The number of fused-ring (bicyclic) bond motifs is 1. The number of hydrogen-bond acceptors (Lipinski definition) is 2. The third-order valence-electron chi connectivity index (χ3n) is 3.64. The summed E-state index contributed by atoms with van der Waals surface area (Å²) in [6.07, 6.45) is 0.949. The van der Waals surface area contributed by atoms with Crippen LogP contribution in [0.1, 0.15) is 26.6 Å². The predicted molar refractivity (Wildman–Crippen MR) is 81.9 cm³/mol. The van der Waals surface area contributed by atoms with Crippen molar-refractivity contribution in [3.05, 3.63) is 29.0 Å². The summed E-state index contributed by atoms with van der Waals surface area (Å²) in [6, 6.07) is 5.97. The van der Waals surface area contributed by atoms with Gasteiger partial charge in [-0.15, -0.1) is 0 Å². The average molecular weight is 280 g/mol. The van der Waals surface area contributed by atoms with E-state index < -0.39 is 0 Å². The quantitative estimate of drug-likeness (QED) is 0.806. The van der Waals surface area contributed by atoms with Gasteiger partial charge in [0.2, 0.25) is 0 Å². The van der Waals surface area contributed by atoms with E-state index in [9.17, 15) is 0 Å². The van der Waals surface area contributed by atoms with Gasteiger partial charge in [0.15, 0.2) is 0 Å². The maximum absolute atomic E-state index is 6.04. The molecule has 0 fully saturated rings. The highest BCUT2D eigenvalue weighted by atomic mass is 35.5. The van der Waals surface area contributed by atoms with Gasteiger partial charge in [0.05, 0.1) is 11.0 Å². The molecule has 0 saturated carbocycles. The van der Waals surface area contributed by atoms with E-state index in [1.54, 1.807) is 0 Å². The Morgan fingerprint density at radius 2 is 1.95 bits per heavy atom. The Labute approximate surface area is 120 Å². The molecule has 0 aliphatic carbocycles. The van der Waals surface area contributed by atoms with Gasteiger partial charge in [-0.1, -0.05) is 32.4 Å². The molecule has 0 aliphatic heterocycles. The topological polar surface area (TPSA) is 21.1 Å². The van der Waals surface area contributed by atoms with Crippen LogP contribution >= 0.6 is 11.6 Å². The largest absolute Gasteiger partial charge is 0.327 e. The first kappa shape index (κ1) is 14.4. The molecule has 0 unspecified atom stereocenters. The molecule has 0 bridgehead atoms. The third-order valence-corrected chi connectivity index (χ3v) is 3.87. The summed E-state index contributed by atoms with van der Waals surface area (Å²) in [5, 5.41) is 0.753. The number of imidazole rings is 1. The summed E-state index contributed by atoms with van der Waals surface area (Å²) in [7, 11) is 0. The predicted octanol–water partition coefficient (Wildman–Crippen LogP) is 3.59. The molecule has 1 aromatic heterocycles. The van der Waals surface area contributed by atoms with Crippen LogP contribution in [0.2, 0.25) is 5.02 Å². The molecule has 1 aromatic carbocycles. The Morgan fingerprint density at radius 3 is 2.58 bits per heavy atom. The molecule has 2 rings (SSSR count).